The number of rotatable bonds is 5. The second-order valence-corrected chi connectivity index (χ2v) is 7.31. The number of pyridine rings is 2. The minimum Gasteiger partial charge on any atom is -0.447 e. The number of nitrogens with two attached hydrogens (primary N) is 1. The van der Waals surface area contributed by atoms with Crippen molar-refractivity contribution in [2.75, 3.05) is 11.1 Å². The van der Waals surface area contributed by atoms with Gasteiger partial charge in [-0.3, -0.25) is 0 Å². The zero-order valence-corrected chi connectivity index (χ0v) is 16.5. The Hall–Kier alpha value is -3.87. The molecule has 0 atom stereocenters. The smallest absolute Gasteiger partial charge is 0.218 e. The maximum Gasteiger partial charge on any atom is 0.218 e. The number of nitrogens with zero attached hydrogens (tertiary/aromatic N) is 4. The van der Waals surface area contributed by atoms with E-state index in [1.807, 2.05) is 61.3 Å². The van der Waals surface area contributed by atoms with Gasteiger partial charge in [0.15, 0.2) is 0 Å². The fourth-order valence-corrected chi connectivity index (χ4v) is 3.68. The third-order valence-electron chi connectivity index (χ3n) is 5.32. The average Bonchev–Trinajstić information content (AvgIpc) is 3.25. The molecule has 1 aromatic carbocycles. The lowest BCUT2D eigenvalue weighted by Crippen LogP contribution is -2.12. The summed E-state index contributed by atoms with van der Waals surface area (Å²) in [5.41, 5.74) is 9.28. The van der Waals surface area contributed by atoms with Crippen molar-refractivity contribution in [2.24, 2.45) is 0 Å². The van der Waals surface area contributed by atoms with Gasteiger partial charge < -0.3 is 20.4 Å². The monoisotopic (exact) mass is 398 g/mol. The maximum atomic E-state index is 5.98. The molecule has 1 aliphatic rings. The normalized spacial score (nSPS) is 14.6. The first kappa shape index (κ1) is 18.2. The summed E-state index contributed by atoms with van der Waals surface area (Å²) in [7, 11) is 0. The molecule has 0 unspecified atom stereocenters. The fourth-order valence-electron chi connectivity index (χ4n) is 3.68. The Labute approximate surface area is 174 Å². The molecule has 1 aliphatic heterocycles. The lowest BCUT2D eigenvalue weighted by atomic mass is 10.1. The molecule has 150 valence electrons. The van der Waals surface area contributed by atoms with Crippen molar-refractivity contribution in [1.82, 2.24) is 19.5 Å². The van der Waals surface area contributed by atoms with E-state index in [9.17, 15) is 0 Å². The predicted molar refractivity (Wildman–Crippen MR) is 117 cm³/mol. The van der Waals surface area contributed by atoms with Crippen LogP contribution < -0.4 is 15.8 Å². The van der Waals surface area contributed by atoms with Gasteiger partial charge in [0, 0.05) is 66.8 Å². The van der Waals surface area contributed by atoms with Gasteiger partial charge >= 0.3 is 0 Å². The largest absolute Gasteiger partial charge is 0.447 e. The van der Waals surface area contributed by atoms with E-state index in [4.69, 9.17) is 10.5 Å². The molecule has 4 aromatic rings. The summed E-state index contributed by atoms with van der Waals surface area (Å²) >= 11 is 0. The molecule has 0 amide bonds. The lowest BCUT2D eigenvalue weighted by molar-refractivity contribution is 0.445. The Morgan fingerprint density at radius 2 is 2.03 bits per heavy atom. The van der Waals surface area contributed by atoms with Crippen molar-refractivity contribution in [1.29, 1.82) is 0 Å². The zero-order chi connectivity index (χ0) is 20.3. The number of nitrogen functional groups attached to an aromatic ring is 1. The van der Waals surface area contributed by atoms with Crippen molar-refractivity contribution >= 4 is 22.3 Å². The van der Waals surface area contributed by atoms with Gasteiger partial charge in [-0.05, 0) is 29.7 Å². The van der Waals surface area contributed by atoms with E-state index in [2.05, 4.69) is 24.8 Å². The molecule has 3 aromatic heterocycles. The molecule has 3 N–H and O–H groups in total. The minimum absolute atomic E-state index is 0.537. The molecule has 0 fully saturated rings. The number of allylic oxidation sites excluding steroid dienone is 1. The van der Waals surface area contributed by atoms with Crippen molar-refractivity contribution in [3.8, 4) is 5.88 Å². The van der Waals surface area contributed by atoms with Crippen LogP contribution in [0.15, 0.2) is 73.0 Å². The number of fused-ring (bicyclic) bond motifs is 2. The summed E-state index contributed by atoms with van der Waals surface area (Å²) in [6.45, 7) is 1.59. The minimum atomic E-state index is 0.537. The van der Waals surface area contributed by atoms with Crippen molar-refractivity contribution in [3.05, 3.63) is 84.4 Å². The number of hydrogen-bond donors (Lipinski definition) is 2. The van der Waals surface area contributed by atoms with Gasteiger partial charge in [0.25, 0.3) is 0 Å². The first-order chi connectivity index (χ1) is 14.8. The van der Waals surface area contributed by atoms with Crippen LogP contribution in [0.1, 0.15) is 17.8 Å². The van der Waals surface area contributed by atoms with E-state index in [0.29, 0.717) is 18.2 Å². The second-order valence-electron chi connectivity index (χ2n) is 7.31. The van der Waals surface area contributed by atoms with E-state index in [-0.39, 0.29) is 0 Å². The topological polar surface area (TPSA) is 90.9 Å². The lowest BCUT2D eigenvalue weighted by Gasteiger charge is -2.16. The average molecular weight is 398 g/mol. The fraction of sp³-hybridized carbons (Fsp3) is 0.174. The number of nitrogens with one attached hydrogen (secondary N) is 1. The van der Waals surface area contributed by atoms with Crippen LogP contribution in [0.3, 0.4) is 0 Å². The molecule has 5 rings (SSSR count). The summed E-state index contributed by atoms with van der Waals surface area (Å²) in [5, 5.41) is 5.46. The van der Waals surface area contributed by atoms with Crippen LogP contribution in [0, 0.1) is 0 Å². The summed E-state index contributed by atoms with van der Waals surface area (Å²) in [4.78, 5) is 13.0. The predicted octanol–water partition coefficient (Wildman–Crippen LogP) is 3.93. The number of aromatic nitrogens is 4. The third-order valence-corrected chi connectivity index (χ3v) is 5.32. The van der Waals surface area contributed by atoms with Crippen LogP contribution in [0.5, 0.6) is 5.88 Å². The molecule has 4 heterocycles. The first-order valence-electron chi connectivity index (χ1n) is 9.93. The van der Waals surface area contributed by atoms with Crippen LogP contribution in [0.4, 0.5) is 11.5 Å². The summed E-state index contributed by atoms with van der Waals surface area (Å²) in [5.74, 6) is 2.20. The van der Waals surface area contributed by atoms with Crippen LogP contribution in [-0.4, -0.2) is 19.5 Å². The van der Waals surface area contributed by atoms with Gasteiger partial charge in [0.1, 0.15) is 11.6 Å². The molecule has 0 aliphatic carbocycles. The highest BCUT2D eigenvalue weighted by Gasteiger charge is 2.13. The van der Waals surface area contributed by atoms with E-state index >= 15 is 0 Å². The van der Waals surface area contributed by atoms with Crippen LogP contribution in [-0.2, 0) is 19.5 Å². The number of benzene rings is 1. The van der Waals surface area contributed by atoms with Gasteiger partial charge in [-0.25, -0.2) is 15.0 Å². The Morgan fingerprint density at radius 1 is 1.07 bits per heavy atom. The summed E-state index contributed by atoms with van der Waals surface area (Å²) in [6, 6.07) is 11.9. The number of anilines is 2. The Balaban J connectivity index is 1.22. The van der Waals surface area contributed by atoms with Gasteiger partial charge in [-0.2, -0.15) is 0 Å². The van der Waals surface area contributed by atoms with Gasteiger partial charge in [0.2, 0.25) is 5.88 Å². The molecule has 0 radical (unpaired) electrons. The quantitative estimate of drug-likeness (QED) is 0.495. The molecule has 0 saturated heterocycles. The standard InChI is InChI=1S/C23H22N6O/c24-23-19-2-1-3-20(18(19)6-8-26-23)27-13-17-4-5-22(28-14-17)30-15-16-7-10-29-11-9-25-21(29)12-16/h1-6,8-9,11,14-15,27H,7,10,12-13H2,(H2,24,26)/b16-15-. The maximum absolute atomic E-state index is 5.98. The Kier molecular flexibility index (Phi) is 4.77. The van der Waals surface area contributed by atoms with E-state index < -0.39 is 0 Å². The van der Waals surface area contributed by atoms with E-state index in [1.165, 1.54) is 5.57 Å². The first-order valence-corrected chi connectivity index (χ1v) is 9.93. The van der Waals surface area contributed by atoms with Crippen molar-refractivity contribution in [2.45, 2.75) is 25.9 Å². The zero-order valence-electron chi connectivity index (χ0n) is 16.5. The summed E-state index contributed by atoms with van der Waals surface area (Å²) < 4.78 is 7.95. The Bertz CT molecular complexity index is 1210. The highest BCUT2D eigenvalue weighted by molar-refractivity contribution is 5.99. The number of aryl methyl sites for hydroxylation is 1. The molecule has 0 spiro atoms. The van der Waals surface area contributed by atoms with Crippen LogP contribution in [0.2, 0.25) is 0 Å². The molecule has 0 saturated carbocycles. The summed E-state index contributed by atoms with van der Waals surface area (Å²) in [6.07, 6.45) is 11.0. The Morgan fingerprint density at radius 3 is 2.93 bits per heavy atom. The number of ether oxygens (including phenoxy) is 1. The van der Waals surface area contributed by atoms with Gasteiger partial charge in [-0.15, -0.1) is 0 Å². The number of hydrogen-bond acceptors (Lipinski definition) is 6. The molecule has 0 bridgehead atoms. The highest BCUT2D eigenvalue weighted by Crippen LogP contribution is 2.26. The van der Waals surface area contributed by atoms with E-state index in [1.54, 1.807) is 6.20 Å². The highest BCUT2D eigenvalue weighted by atomic mass is 16.5. The van der Waals surface area contributed by atoms with E-state index in [0.717, 1.165) is 47.2 Å². The molecular formula is C23H22N6O. The van der Waals surface area contributed by atoms with Gasteiger partial charge in [0.05, 0.1) is 6.26 Å². The SMILES string of the molecule is Nc1nccc2c(NCc3ccc(O/C=C4/CCn5ccnc5C4)nc3)cccc12. The van der Waals surface area contributed by atoms with Crippen molar-refractivity contribution < 1.29 is 4.74 Å². The molecular weight excluding hydrogens is 376 g/mol. The molecule has 7 nitrogen and oxygen atoms in total. The molecule has 7 heteroatoms. The van der Waals surface area contributed by atoms with Gasteiger partial charge in [-0.1, -0.05) is 18.2 Å². The molecule has 30 heavy (non-hydrogen) atoms. The van der Waals surface area contributed by atoms with Crippen molar-refractivity contribution in [3.63, 3.8) is 0 Å². The number of imidazole rings is 1. The second kappa shape index (κ2) is 7.87. The van der Waals surface area contributed by atoms with Crippen LogP contribution in [0.25, 0.3) is 10.8 Å². The van der Waals surface area contributed by atoms with Crippen LogP contribution >= 0.6 is 0 Å². The third kappa shape index (κ3) is 3.69.